The Morgan fingerprint density at radius 3 is 2.75 bits per heavy atom. The van der Waals surface area contributed by atoms with Crippen molar-refractivity contribution in [2.45, 2.75) is 25.0 Å². The largest absolute Gasteiger partial charge is 0.497 e. The Balaban J connectivity index is 2.18. The summed E-state index contributed by atoms with van der Waals surface area (Å²) in [6, 6.07) is 3.94. The van der Waals surface area contributed by atoms with E-state index in [0.29, 0.717) is 11.5 Å². The number of amides is 2. The van der Waals surface area contributed by atoms with Crippen molar-refractivity contribution in [3.63, 3.8) is 0 Å². The van der Waals surface area contributed by atoms with Crippen LogP contribution in [0.1, 0.15) is 12.0 Å². The third-order valence-electron chi connectivity index (χ3n) is 3.88. The van der Waals surface area contributed by atoms with Crippen LogP contribution < -0.4 is 14.8 Å². The van der Waals surface area contributed by atoms with Crippen molar-refractivity contribution in [1.29, 1.82) is 0 Å². The van der Waals surface area contributed by atoms with Crippen molar-refractivity contribution in [3.8, 4) is 11.5 Å². The molecule has 0 unspecified atom stereocenters. The first-order chi connectivity index (χ1) is 11.5. The van der Waals surface area contributed by atoms with Crippen LogP contribution in [0.4, 0.5) is 4.79 Å². The number of rotatable bonds is 7. The standard InChI is InChI=1S/C15H19N3O6/c1-23-10-4-3-9(12(7-10)24-2)8-18-11(5-6-16-22)13(14(18)19)17-15(20)21/h3-4,6-7,11,13,17,22H,5,8H2,1-2H3,(H,20,21)/t11-,13+/m1/s1. The number of carboxylic acid groups (broad SMARTS) is 1. The fourth-order valence-electron chi connectivity index (χ4n) is 2.68. The number of oxime groups is 1. The molecule has 0 bridgehead atoms. The number of benzene rings is 1. The monoisotopic (exact) mass is 337 g/mol. The number of carbonyl (C=O) groups is 2. The van der Waals surface area contributed by atoms with Gasteiger partial charge in [0.15, 0.2) is 0 Å². The second kappa shape index (κ2) is 7.53. The molecule has 1 heterocycles. The molecule has 1 aromatic carbocycles. The minimum absolute atomic E-state index is 0.228. The van der Waals surface area contributed by atoms with E-state index in [1.807, 2.05) is 0 Å². The van der Waals surface area contributed by atoms with Gasteiger partial charge in [0.2, 0.25) is 5.91 Å². The second-order valence-electron chi connectivity index (χ2n) is 5.17. The SMILES string of the molecule is COc1ccc(CN2C(=O)[C@@H](NC(=O)O)[C@H]2CC=NO)c(OC)c1. The van der Waals surface area contributed by atoms with Crippen LogP contribution in [0.5, 0.6) is 11.5 Å². The summed E-state index contributed by atoms with van der Waals surface area (Å²) in [6.07, 6.45) is 0.179. The molecule has 3 N–H and O–H groups in total. The van der Waals surface area contributed by atoms with Crippen LogP contribution in [0.15, 0.2) is 23.4 Å². The fourth-order valence-corrected chi connectivity index (χ4v) is 2.68. The van der Waals surface area contributed by atoms with E-state index in [-0.39, 0.29) is 18.9 Å². The summed E-state index contributed by atoms with van der Waals surface area (Å²) >= 11 is 0. The predicted molar refractivity (Wildman–Crippen MR) is 83.7 cm³/mol. The topological polar surface area (TPSA) is 121 Å². The Kier molecular flexibility index (Phi) is 5.46. The Bertz CT molecular complexity index is 648. The average molecular weight is 337 g/mol. The number of carbonyl (C=O) groups excluding carboxylic acids is 1. The lowest BCUT2D eigenvalue weighted by molar-refractivity contribution is -0.151. The predicted octanol–water partition coefficient (Wildman–Crippen LogP) is 0.901. The van der Waals surface area contributed by atoms with Crippen molar-refractivity contribution >= 4 is 18.2 Å². The summed E-state index contributed by atoms with van der Waals surface area (Å²) in [7, 11) is 3.06. The zero-order chi connectivity index (χ0) is 17.7. The van der Waals surface area contributed by atoms with Gasteiger partial charge >= 0.3 is 6.09 Å². The summed E-state index contributed by atoms with van der Waals surface area (Å²) in [5.74, 6) is 0.845. The van der Waals surface area contributed by atoms with Gasteiger partial charge in [-0.1, -0.05) is 0 Å². The maximum Gasteiger partial charge on any atom is 0.405 e. The molecule has 1 aromatic rings. The molecule has 130 valence electrons. The molecule has 1 fully saturated rings. The molecule has 1 saturated heterocycles. The van der Waals surface area contributed by atoms with E-state index >= 15 is 0 Å². The van der Waals surface area contributed by atoms with Gasteiger partial charge in [-0.3, -0.25) is 4.79 Å². The first-order valence-corrected chi connectivity index (χ1v) is 7.18. The van der Waals surface area contributed by atoms with Crippen molar-refractivity contribution in [3.05, 3.63) is 23.8 Å². The lowest BCUT2D eigenvalue weighted by Gasteiger charge is -2.46. The van der Waals surface area contributed by atoms with E-state index in [1.54, 1.807) is 25.3 Å². The van der Waals surface area contributed by atoms with Gasteiger partial charge in [-0.15, -0.1) is 5.16 Å². The van der Waals surface area contributed by atoms with E-state index in [9.17, 15) is 9.59 Å². The highest BCUT2D eigenvalue weighted by molar-refractivity contribution is 5.93. The van der Waals surface area contributed by atoms with Gasteiger partial charge in [0.1, 0.15) is 17.5 Å². The maximum absolute atomic E-state index is 12.2. The zero-order valence-electron chi connectivity index (χ0n) is 13.3. The summed E-state index contributed by atoms with van der Waals surface area (Å²) < 4.78 is 10.4. The fraction of sp³-hybridized carbons (Fsp3) is 0.400. The number of methoxy groups -OCH3 is 2. The highest BCUT2D eigenvalue weighted by atomic mass is 16.5. The van der Waals surface area contributed by atoms with Gasteiger partial charge in [0, 0.05) is 30.8 Å². The molecule has 0 aromatic heterocycles. The van der Waals surface area contributed by atoms with Crippen LogP contribution in [-0.2, 0) is 11.3 Å². The summed E-state index contributed by atoms with van der Waals surface area (Å²) in [5.41, 5.74) is 0.756. The first kappa shape index (κ1) is 17.4. The zero-order valence-corrected chi connectivity index (χ0v) is 13.3. The molecule has 9 heteroatoms. The van der Waals surface area contributed by atoms with Gasteiger partial charge in [-0.2, -0.15) is 0 Å². The summed E-state index contributed by atoms with van der Waals surface area (Å²) in [4.78, 5) is 24.5. The molecule has 1 aliphatic rings. The average Bonchev–Trinajstić information content (AvgIpc) is 2.59. The summed E-state index contributed by atoms with van der Waals surface area (Å²) in [5, 5.41) is 22.5. The Morgan fingerprint density at radius 1 is 1.42 bits per heavy atom. The third-order valence-corrected chi connectivity index (χ3v) is 3.88. The van der Waals surface area contributed by atoms with Gasteiger partial charge < -0.3 is 30.0 Å². The molecule has 0 saturated carbocycles. The van der Waals surface area contributed by atoms with Gasteiger partial charge in [0.25, 0.3) is 0 Å². The Labute approximate surface area is 138 Å². The molecule has 2 rings (SSSR count). The van der Waals surface area contributed by atoms with Crippen molar-refractivity contribution in [2.24, 2.45) is 5.16 Å². The summed E-state index contributed by atoms with van der Waals surface area (Å²) in [6.45, 7) is 0.244. The number of nitrogens with zero attached hydrogens (tertiary/aromatic N) is 2. The molecular formula is C15H19N3O6. The molecule has 1 aliphatic heterocycles. The second-order valence-corrected chi connectivity index (χ2v) is 5.17. The molecule has 0 spiro atoms. The van der Waals surface area contributed by atoms with Gasteiger partial charge in [0.05, 0.1) is 20.3 Å². The maximum atomic E-state index is 12.2. The van der Waals surface area contributed by atoms with Crippen LogP contribution in [0.2, 0.25) is 0 Å². The lowest BCUT2D eigenvalue weighted by atomic mass is 9.91. The highest BCUT2D eigenvalue weighted by Crippen LogP contribution is 2.30. The molecule has 0 aliphatic carbocycles. The molecule has 0 radical (unpaired) electrons. The number of ether oxygens (including phenoxy) is 2. The van der Waals surface area contributed by atoms with E-state index in [2.05, 4.69) is 10.5 Å². The molecule has 2 amide bonds. The van der Waals surface area contributed by atoms with Crippen molar-refractivity contribution in [1.82, 2.24) is 10.2 Å². The van der Waals surface area contributed by atoms with Crippen molar-refractivity contribution in [2.75, 3.05) is 14.2 Å². The van der Waals surface area contributed by atoms with Crippen LogP contribution in [0, 0.1) is 0 Å². The number of hydrogen-bond acceptors (Lipinski definition) is 6. The number of hydrogen-bond donors (Lipinski definition) is 3. The Hall–Kier alpha value is -2.97. The molecule has 2 atom stereocenters. The molecule has 9 nitrogen and oxygen atoms in total. The number of nitrogens with one attached hydrogen (secondary N) is 1. The van der Waals surface area contributed by atoms with Crippen LogP contribution in [0.25, 0.3) is 0 Å². The quantitative estimate of drug-likeness (QED) is 0.294. The minimum Gasteiger partial charge on any atom is -0.497 e. The van der Waals surface area contributed by atoms with Crippen LogP contribution in [0.3, 0.4) is 0 Å². The van der Waals surface area contributed by atoms with E-state index in [4.69, 9.17) is 19.8 Å². The van der Waals surface area contributed by atoms with Crippen LogP contribution in [-0.4, -0.2) is 59.7 Å². The Morgan fingerprint density at radius 2 is 2.17 bits per heavy atom. The smallest absolute Gasteiger partial charge is 0.405 e. The molecular weight excluding hydrogens is 318 g/mol. The van der Waals surface area contributed by atoms with E-state index in [0.717, 1.165) is 5.56 Å². The first-order valence-electron chi connectivity index (χ1n) is 7.18. The van der Waals surface area contributed by atoms with E-state index in [1.165, 1.54) is 18.2 Å². The molecule has 24 heavy (non-hydrogen) atoms. The number of likely N-dealkylation sites (tertiary alicyclic amines) is 1. The highest BCUT2D eigenvalue weighted by Gasteiger charge is 2.47. The van der Waals surface area contributed by atoms with Crippen molar-refractivity contribution < 1.29 is 29.4 Å². The van der Waals surface area contributed by atoms with Gasteiger partial charge in [-0.25, -0.2) is 4.79 Å². The number of β-lactam (4-membered cyclic amide) rings is 1. The lowest BCUT2D eigenvalue weighted by Crippen LogP contribution is -2.70. The normalized spacial score (nSPS) is 19.9. The van der Waals surface area contributed by atoms with Gasteiger partial charge in [-0.05, 0) is 12.1 Å². The van der Waals surface area contributed by atoms with E-state index < -0.39 is 18.2 Å². The third kappa shape index (κ3) is 3.50. The van der Waals surface area contributed by atoms with Crippen LogP contribution >= 0.6 is 0 Å². The minimum atomic E-state index is -1.28.